The van der Waals surface area contributed by atoms with E-state index in [1.165, 1.54) is 22.8 Å². The van der Waals surface area contributed by atoms with E-state index in [1.807, 2.05) is 0 Å². The van der Waals surface area contributed by atoms with Gasteiger partial charge in [0, 0.05) is 25.5 Å². The predicted octanol–water partition coefficient (Wildman–Crippen LogP) is 0.756. The van der Waals surface area contributed by atoms with Crippen molar-refractivity contribution in [3.05, 3.63) is 23.5 Å². The minimum atomic E-state index is -3.53. The maximum absolute atomic E-state index is 12.2. The lowest BCUT2D eigenvalue weighted by molar-refractivity contribution is 0.0730. The molecular formula is C9H11ClN2O3S. The monoisotopic (exact) mass is 262 g/mol. The van der Waals surface area contributed by atoms with Crippen LogP contribution >= 0.6 is 11.6 Å². The van der Waals surface area contributed by atoms with E-state index in [0.29, 0.717) is 26.3 Å². The molecule has 0 aliphatic carbocycles. The summed E-state index contributed by atoms with van der Waals surface area (Å²) in [5.74, 6) is 0. The maximum Gasteiger partial charge on any atom is 0.246 e. The first-order chi connectivity index (χ1) is 7.62. The second kappa shape index (κ2) is 4.67. The van der Waals surface area contributed by atoms with Gasteiger partial charge in [-0.1, -0.05) is 11.6 Å². The van der Waals surface area contributed by atoms with Crippen LogP contribution in [0.2, 0.25) is 5.02 Å². The van der Waals surface area contributed by atoms with Gasteiger partial charge in [0.05, 0.1) is 18.2 Å². The van der Waals surface area contributed by atoms with Gasteiger partial charge in [-0.05, 0) is 6.07 Å². The van der Waals surface area contributed by atoms with Crippen molar-refractivity contribution in [3.8, 4) is 0 Å². The normalized spacial score (nSPS) is 18.6. The Morgan fingerprint density at radius 2 is 2.06 bits per heavy atom. The molecule has 0 unspecified atom stereocenters. The molecule has 0 radical (unpaired) electrons. The van der Waals surface area contributed by atoms with Crippen molar-refractivity contribution in [2.45, 2.75) is 4.90 Å². The first kappa shape index (κ1) is 11.8. The van der Waals surface area contributed by atoms with Gasteiger partial charge in [0.25, 0.3) is 0 Å². The zero-order chi connectivity index (χ0) is 11.6. The van der Waals surface area contributed by atoms with Crippen molar-refractivity contribution in [2.24, 2.45) is 0 Å². The van der Waals surface area contributed by atoms with Crippen molar-refractivity contribution < 1.29 is 13.2 Å². The molecule has 1 aliphatic rings. The fourth-order valence-corrected chi connectivity index (χ4v) is 3.29. The highest BCUT2D eigenvalue weighted by atomic mass is 35.5. The molecule has 1 fully saturated rings. The van der Waals surface area contributed by atoms with Crippen LogP contribution in [0.3, 0.4) is 0 Å². The van der Waals surface area contributed by atoms with Crippen molar-refractivity contribution >= 4 is 21.6 Å². The molecule has 16 heavy (non-hydrogen) atoms. The molecular weight excluding hydrogens is 252 g/mol. The fraction of sp³-hybridized carbons (Fsp3) is 0.444. The smallest absolute Gasteiger partial charge is 0.246 e. The highest BCUT2D eigenvalue weighted by Gasteiger charge is 2.28. The fourth-order valence-electron chi connectivity index (χ4n) is 1.48. The molecule has 0 bridgehead atoms. The van der Waals surface area contributed by atoms with Gasteiger partial charge >= 0.3 is 0 Å². The summed E-state index contributed by atoms with van der Waals surface area (Å²) in [7, 11) is -3.53. The van der Waals surface area contributed by atoms with E-state index >= 15 is 0 Å². The number of ether oxygens (including phenoxy) is 1. The lowest BCUT2D eigenvalue weighted by Gasteiger charge is -2.26. The summed E-state index contributed by atoms with van der Waals surface area (Å²) in [6.45, 7) is 1.54. The van der Waals surface area contributed by atoms with Crippen LogP contribution in [0.1, 0.15) is 0 Å². The number of hydrogen-bond acceptors (Lipinski definition) is 4. The van der Waals surface area contributed by atoms with Crippen LogP contribution in [-0.4, -0.2) is 44.0 Å². The highest BCUT2D eigenvalue weighted by Crippen LogP contribution is 2.23. The van der Waals surface area contributed by atoms with Gasteiger partial charge in [0.15, 0.2) is 0 Å². The van der Waals surface area contributed by atoms with Gasteiger partial charge in [-0.25, -0.2) is 8.42 Å². The number of pyridine rings is 1. The Morgan fingerprint density at radius 1 is 1.38 bits per heavy atom. The van der Waals surface area contributed by atoms with Crippen LogP contribution < -0.4 is 0 Å². The van der Waals surface area contributed by atoms with Crippen LogP contribution in [0.15, 0.2) is 23.4 Å². The van der Waals surface area contributed by atoms with E-state index in [2.05, 4.69) is 4.98 Å². The standard InChI is InChI=1S/C9H11ClN2O3S/c10-8-1-2-11-7-9(8)16(13,14)12-3-5-15-6-4-12/h1-2,7H,3-6H2. The summed E-state index contributed by atoms with van der Waals surface area (Å²) < 4.78 is 30.8. The summed E-state index contributed by atoms with van der Waals surface area (Å²) in [6.07, 6.45) is 2.73. The Balaban J connectivity index is 2.35. The molecule has 0 aromatic carbocycles. The Hall–Kier alpha value is -0.690. The summed E-state index contributed by atoms with van der Waals surface area (Å²) in [5.41, 5.74) is 0. The maximum atomic E-state index is 12.2. The van der Waals surface area contributed by atoms with Gasteiger partial charge in [-0.15, -0.1) is 0 Å². The number of sulfonamides is 1. The second-order valence-corrected chi connectivity index (χ2v) is 5.64. The highest BCUT2D eigenvalue weighted by molar-refractivity contribution is 7.89. The lowest BCUT2D eigenvalue weighted by atomic mass is 10.5. The number of halogens is 1. The lowest BCUT2D eigenvalue weighted by Crippen LogP contribution is -2.40. The van der Waals surface area contributed by atoms with Crippen molar-refractivity contribution in [2.75, 3.05) is 26.3 Å². The molecule has 1 aromatic rings. The molecule has 2 heterocycles. The first-order valence-electron chi connectivity index (χ1n) is 4.80. The molecule has 0 N–H and O–H groups in total. The van der Waals surface area contributed by atoms with Gasteiger partial charge < -0.3 is 4.74 Å². The molecule has 0 amide bonds. The number of rotatable bonds is 2. The third kappa shape index (κ3) is 2.20. The van der Waals surface area contributed by atoms with E-state index in [-0.39, 0.29) is 9.92 Å². The molecule has 1 aliphatic heterocycles. The number of hydrogen-bond donors (Lipinski definition) is 0. The zero-order valence-corrected chi connectivity index (χ0v) is 10.0. The van der Waals surface area contributed by atoms with Crippen LogP contribution in [0, 0.1) is 0 Å². The Morgan fingerprint density at radius 3 is 2.69 bits per heavy atom. The third-order valence-corrected chi connectivity index (χ3v) is 4.69. The van der Waals surface area contributed by atoms with Gasteiger partial charge in [-0.3, -0.25) is 4.98 Å². The summed E-state index contributed by atoms with van der Waals surface area (Å²) in [6, 6.07) is 1.47. The Bertz CT molecular complexity index is 471. The molecule has 0 atom stereocenters. The first-order valence-corrected chi connectivity index (χ1v) is 6.61. The third-order valence-electron chi connectivity index (χ3n) is 2.32. The molecule has 0 saturated carbocycles. The quantitative estimate of drug-likeness (QED) is 0.789. The Labute approximate surface area is 99.0 Å². The number of morpholine rings is 1. The summed E-state index contributed by atoms with van der Waals surface area (Å²) >= 11 is 5.85. The number of nitrogens with zero attached hydrogens (tertiary/aromatic N) is 2. The van der Waals surface area contributed by atoms with Crippen LogP contribution in [-0.2, 0) is 14.8 Å². The molecule has 0 spiro atoms. The van der Waals surface area contributed by atoms with E-state index < -0.39 is 10.0 Å². The van der Waals surface area contributed by atoms with Gasteiger partial charge in [-0.2, -0.15) is 4.31 Å². The molecule has 1 aromatic heterocycles. The van der Waals surface area contributed by atoms with Crippen molar-refractivity contribution in [3.63, 3.8) is 0 Å². The van der Waals surface area contributed by atoms with E-state index in [0.717, 1.165) is 0 Å². The molecule has 7 heteroatoms. The van der Waals surface area contributed by atoms with E-state index in [9.17, 15) is 8.42 Å². The van der Waals surface area contributed by atoms with E-state index in [1.54, 1.807) is 0 Å². The van der Waals surface area contributed by atoms with Gasteiger partial charge in [0.2, 0.25) is 10.0 Å². The average Bonchev–Trinajstić information content (AvgIpc) is 2.30. The van der Waals surface area contributed by atoms with Crippen LogP contribution in [0.5, 0.6) is 0 Å². The topological polar surface area (TPSA) is 59.5 Å². The molecule has 2 rings (SSSR count). The van der Waals surface area contributed by atoms with Crippen LogP contribution in [0.4, 0.5) is 0 Å². The average molecular weight is 263 g/mol. The summed E-state index contributed by atoms with van der Waals surface area (Å²) in [5, 5.41) is 0.196. The molecule has 5 nitrogen and oxygen atoms in total. The number of aromatic nitrogens is 1. The largest absolute Gasteiger partial charge is 0.379 e. The molecule has 88 valence electrons. The van der Waals surface area contributed by atoms with Crippen LogP contribution in [0.25, 0.3) is 0 Å². The Kier molecular flexibility index (Phi) is 3.44. The van der Waals surface area contributed by atoms with Gasteiger partial charge in [0.1, 0.15) is 4.90 Å². The molecule has 1 saturated heterocycles. The minimum absolute atomic E-state index is 0.0542. The minimum Gasteiger partial charge on any atom is -0.379 e. The second-order valence-electron chi connectivity index (χ2n) is 3.32. The van der Waals surface area contributed by atoms with E-state index in [4.69, 9.17) is 16.3 Å². The summed E-state index contributed by atoms with van der Waals surface area (Å²) in [4.78, 5) is 3.84. The van der Waals surface area contributed by atoms with Crippen molar-refractivity contribution in [1.82, 2.24) is 9.29 Å². The predicted molar refractivity (Wildman–Crippen MR) is 58.8 cm³/mol. The van der Waals surface area contributed by atoms with Crippen molar-refractivity contribution in [1.29, 1.82) is 0 Å². The SMILES string of the molecule is O=S(=O)(c1cnccc1Cl)N1CCOCC1. The zero-order valence-electron chi connectivity index (χ0n) is 8.47.